The molecule has 0 radical (unpaired) electrons. The van der Waals surface area contributed by atoms with Crippen molar-refractivity contribution in [3.63, 3.8) is 0 Å². The molecule has 0 saturated heterocycles. The molecule has 1 aromatic carbocycles. The number of aryl methyl sites for hydroxylation is 2. The van der Waals surface area contributed by atoms with Crippen LogP contribution in [0.2, 0.25) is 0 Å². The second-order valence-corrected chi connectivity index (χ2v) is 5.55. The highest BCUT2D eigenvalue weighted by atomic mass is 79.9. The highest BCUT2D eigenvalue weighted by molar-refractivity contribution is 9.10. The Labute approximate surface area is 132 Å². The average molecular weight is 350 g/mol. The zero-order valence-corrected chi connectivity index (χ0v) is 13.9. The van der Waals surface area contributed by atoms with Crippen LogP contribution in [0.5, 0.6) is 5.88 Å². The number of rotatable bonds is 3. The number of methoxy groups -OCH3 is 2. The van der Waals surface area contributed by atoms with Gasteiger partial charge in [0.05, 0.1) is 24.3 Å². The molecule has 0 fully saturated rings. The molecule has 0 bridgehead atoms. The van der Waals surface area contributed by atoms with Gasteiger partial charge >= 0.3 is 5.97 Å². The van der Waals surface area contributed by atoms with Crippen molar-refractivity contribution < 1.29 is 14.3 Å². The molecule has 0 spiro atoms. The number of esters is 1. The monoisotopic (exact) mass is 349 g/mol. The number of aromatic nitrogens is 1. The third-order valence-corrected chi connectivity index (χ3v) is 3.81. The smallest absolute Gasteiger partial charge is 0.337 e. The van der Waals surface area contributed by atoms with E-state index in [0.29, 0.717) is 11.4 Å². The first-order chi connectivity index (χ1) is 9.97. The van der Waals surface area contributed by atoms with Crippen molar-refractivity contribution in [2.75, 3.05) is 14.2 Å². The van der Waals surface area contributed by atoms with Gasteiger partial charge in [-0.1, -0.05) is 0 Å². The van der Waals surface area contributed by atoms with Gasteiger partial charge in [0.25, 0.3) is 0 Å². The Morgan fingerprint density at radius 3 is 2.24 bits per heavy atom. The number of hydrogen-bond acceptors (Lipinski definition) is 4. The number of nitrogens with zero attached hydrogens (tertiary/aromatic N) is 1. The largest absolute Gasteiger partial charge is 0.480 e. The predicted molar refractivity (Wildman–Crippen MR) is 84.7 cm³/mol. The van der Waals surface area contributed by atoms with E-state index >= 15 is 0 Å². The van der Waals surface area contributed by atoms with Gasteiger partial charge < -0.3 is 9.47 Å². The molecule has 0 aliphatic carbocycles. The summed E-state index contributed by atoms with van der Waals surface area (Å²) in [5.74, 6) is 0.210. The van der Waals surface area contributed by atoms with Crippen molar-refractivity contribution in [1.29, 1.82) is 0 Å². The van der Waals surface area contributed by atoms with E-state index in [9.17, 15) is 4.79 Å². The lowest BCUT2D eigenvalue weighted by Gasteiger charge is -2.13. The van der Waals surface area contributed by atoms with Crippen molar-refractivity contribution in [3.8, 4) is 17.0 Å². The van der Waals surface area contributed by atoms with Crippen molar-refractivity contribution in [2.24, 2.45) is 0 Å². The second-order valence-electron chi connectivity index (χ2n) is 4.69. The number of halogens is 1. The quantitative estimate of drug-likeness (QED) is 0.788. The maximum atomic E-state index is 11.6. The van der Waals surface area contributed by atoms with Crippen LogP contribution >= 0.6 is 15.9 Å². The number of carbonyl (C=O) groups is 1. The lowest BCUT2D eigenvalue weighted by Crippen LogP contribution is -2.03. The van der Waals surface area contributed by atoms with Crippen LogP contribution < -0.4 is 4.74 Å². The second kappa shape index (κ2) is 6.26. The van der Waals surface area contributed by atoms with Crippen molar-refractivity contribution in [1.82, 2.24) is 4.98 Å². The number of benzene rings is 1. The highest BCUT2D eigenvalue weighted by Gasteiger charge is 2.14. The van der Waals surface area contributed by atoms with E-state index in [-0.39, 0.29) is 5.97 Å². The SMILES string of the molecule is COC(=O)c1cc(C)c(-c2cnc(OC)c(Br)c2)c(C)c1. The molecule has 0 N–H and O–H groups in total. The van der Waals surface area contributed by atoms with E-state index < -0.39 is 0 Å². The molecular formula is C16H16BrNO3. The molecule has 110 valence electrons. The molecule has 21 heavy (non-hydrogen) atoms. The molecule has 2 aromatic rings. The van der Waals surface area contributed by atoms with E-state index in [4.69, 9.17) is 9.47 Å². The van der Waals surface area contributed by atoms with Gasteiger partial charge in [-0.2, -0.15) is 0 Å². The molecule has 0 atom stereocenters. The number of carbonyl (C=O) groups excluding carboxylic acids is 1. The van der Waals surface area contributed by atoms with E-state index in [1.807, 2.05) is 32.0 Å². The van der Waals surface area contributed by atoms with Gasteiger partial charge in [-0.05, 0) is 64.7 Å². The van der Waals surface area contributed by atoms with E-state index in [0.717, 1.165) is 26.7 Å². The minimum Gasteiger partial charge on any atom is -0.480 e. The summed E-state index contributed by atoms with van der Waals surface area (Å²) in [5, 5.41) is 0. The first-order valence-corrected chi connectivity index (χ1v) is 7.16. The summed E-state index contributed by atoms with van der Waals surface area (Å²) >= 11 is 3.44. The Morgan fingerprint density at radius 2 is 1.76 bits per heavy atom. The molecule has 1 aromatic heterocycles. The Morgan fingerprint density at radius 1 is 1.14 bits per heavy atom. The van der Waals surface area contributed by atoms with Gasteiger partial charge in [-0.15, -0.1) is 0 Å². The Kier molecular flexibility index (Phi) is 4.63. The molecule has 0 amide bonds. The third-order valence-electron chi connectivity index (χ3n) is 3.24. The van der Waals surface area contributed by atoms with Crippen molar-refractivity contribution >= 4 is 21.9 Å². The minimum atomic E-state index is -0.332. The first-order valence-electron chi connectivity index (χ1n) is 6.37. The van der Waals surface area contributed by atoms with Crippen LogP contribution in [0.3, 0.4) is 0 Å². The molecule has 0 aliphatic rings. The highest BCUT2D eigenvalue weighted by Crippen LogP contribution is 2.32. The van der Waals surface area contributed by atoms with Crippen LogP contribution in [0.25, 0.3) is 11.1 Å². The summed E-state index contributed by atoms with van der Waals surface area (Å²) in [6.07, 6.45) is 1.76. The average Bonchev–Trinajstić information content (AvgIpc) is 2.45. The summed E-state index contributed by atoms with van der Waals surface area (Å²) in [7, 11) is 2.96. The van der Waals surface area contributed by atoms with Crippen LogP contribution in [0.15, 0.2) is 28.9 Å². The molecule has 0 aliphatic heterocycles. The van der Waals surface area contributed by atoms with Gasteiger partial charge in [0.15, 0.2) is 0 Å². The molecule has 0 unspecified atom stereocenters. The normalized spacial score (nSPS) is 10.3. The maximum Gasteiger partial charge on any atom is 0.337 e. The standard InChI is InChI=1S/C16H16BrNO3/c1-9-5-11(16(19)21-4)6-10(2)14(9)12-7-13(17)15(20-3)18-8-12/h5-8H,1-4H3. The molecule has 1 heterocycles. The maximum absolute atomic E-state index is 11.6. The summed E-state index contributed by atoms with van der Waals surface area (Å²) in [6.45, 7) is 3.93. The number of hydrogen-bond donors (Lipinski definition) is 0. The van der Waals surface area contributed by atoms with Crippen molar-refractivity contribution in [2.45, 2.75) is 13.8 Å². The van der Waals surface area contributed by atoms with Gasteiger partial charge in [-0.3, -0.25) is 0 Å². The van der Waals surface area contributed by atoms with Crippen LogP contribution in [0.1, 0.15) is 21.5 Å². The molecule has 2 rings (SSSR count). The lowest BCUT2D eigenvalue weighted by molar-refractivity contribution is 0.0600. The predicted octanol–water partition coefficient (Wildman–Crippen LogP) is 3.92. The van der Waals surface area contributed by atoms with Crippen LogP contribution in [0.4, 0.5) is 0 Å². The zero-order chi connectivity index (χ0) is 15.6. The van der Waals surface area contributed by atoms with E-state index in [1.54, 1.807) is 13.3 Å². The Hall–Kier alpha value is -1.88. The minimum absolute atomic E-state index is 0.332. The van der Waals surface area contributed by atoms with Crippen LogP contribution in [-0.2, 0) is 4.74 Å². The van der Waals surface area contributed by atoms with Gasteiger partial charge in [0.2, 0.25) is 5.88 Å². The first kappa shape index (κ1) is 15.5. The van der Waals surface area contributed by atoms with Gasteiger partial charge in [0, 0.05) is 11.8 Å². The topological polar surface area (TPSA) is 48.4 Å². The molecular weight excluding hydrogens is 334 g/mol. The molecule has 5 heteroatoms. The van der Waals surface area contributed by atoms with Crippen molar-refractivity contribution in [3.05, 3.63) is 45.6 Å². The van der Waals surface area contributed by atoms with E-state index in [2.05, 4.69) is 20.9 Å². The van der Waals surface area contributed by atoms with Gasteiger partial charge in [0.1, 0.15) is 0 Å². The Bertz CT molecular complexity index is 675. The summed E-state index contributed by atoms with van der Waals surface area (Å²) in [5.41, 5.74) is 4.56. The number of pyridine rings is 1. The number of ether oxygens (including phenoxy) is 2. The third kappa shape index (κ3) is 3.08. The van der Waals surface area contributed by atoms with Gasteiger partial charge in [-0.25, -0.2) is 9.78 Å². The summed E-state index contributed by atoms with van der Waals surface area (Å²) in [4.78, 5) is 15.9. The lowest BCUT2D eigenvalue weighted by atomic mass is 9.94. The molecule has 4 nitrogen and oxygen atoms in total. The van der Waals surface area contributed by atoms with E-state index in [1.165, 1.54) is 7.11 Å². The summed E-state index contributed by atoms with van der Waals surface area (Å²) in [6, 6.07) is 5.61. The fourth-order valence-electron chi connectivity index (χ4n) is 2.37. The molecule has 0 saturated carbocycles. The summed E-state index contributed by atoms with van der Waals surface area (Å²) < 4.78 is 10.7. The Balaban J connectivity index is 2.54. The zero-order valence-electron chi connectivity index (χ0n) is 12.4. The fourth-order valence-corrected chi connectivity index (χ4v) is 2.88. The van der Waals surface area contributed by atoms with Crippen LogP contribution in [-0.4, -0.2) is 25.2 Å². The van der Waals surface area contributed by atoms with Crippen LogP contribution in [0, 0.1) is 13.8 Å². The fraction of sp³-hybridized carbons (Fsp3) is 0.250.